The van der Waals surface area contributed by atoms with E-state index in [0.29, 0.717) is 5.75 Å². The number of amides is 1. The molecule has 120 valence electrons. The minimum absolute atomic E-state index is 0.0807. The Balaban J connectivity index is 1.56. The highest BCUT2D eigenvalue weighted by atomic mass is 32.1. The van der Waals surface area contributed by atoms with E-state index >= 15 is 0 Å². The number of ether oxygens (including phenoxy) is 1. The van der Waals surface area contributed by atoms with E-state index in [2.05, 4.69) is 17.6 Å². The smallest absolute Gasteiger partial charge is 0.262 e. The zero-order valence-corrected chi connectivity index (χ0v) is 13.8. The van der Waals surface area contributed by atoms with Crippen LogP contribution in [0.3, 0.4) is 0 Å². The van der Waals surface area contributed by atoms with Gasteiger partial charge < -0.3 is 15.4 Å². The van der Waals surface area contributed by atoms with Crippen molar-refractivity contribution in [2.24, 2.45) is 5.92 Å². The molecule has 1 aliphatic carbocycles. The van der Waals surface area contributed by atoms with Crippen molar-refractivity contribution in [3.63, 3.8) is 0 Å². The van der Waals surface area contributed by atoms with Gasteiger partial charge in [0, 0.05) is 17.0 Å². The Hall–Kier alpha value is -2.08. The van der Waals surface area contributed by atoms with E-state index in [1.165, 1.54) is 24.1 Å². The molecule has 2 N–H and O–H groups in total. The molecular weight excluding hydrogens is 310 g/mol. The number of benzene rings is 1. The van der Waals surface area contributed by atoms with Gasteiger partial charge in [-0.15, -0.1) is 11.3 Å². The summed E-state index contributed by atoms with van der Waals surface area (Å²) in [6.07, 6.45) is 4.01. The lowest BCUT2D eigenvalue weighted by Crippen LogP contribution is -2.25. The van der Waals surface area contributed by atoms with Gasteiger partial charge in [-0.25, -0.2) is 4.98 Å². The number of carbonyl (C=O) groups is 1. The lowest BCUT2D eigenvalue weighted by Gasteiger charge is -2.25. The highest BCUT2D eigenvalue weighted by Gasteiger charge is 2.20. The zero-order valence-electron chi connectivity index (χ0n) is 13.0. The zero-order chi connectivity index (χ0) is 15.8. The van der Waals surface area contributed by atoms with Gasteiger partial charge in [0.15, 0.2) is 11.7 Å². The summed E-state index contributed by atoms with van der Waals surface area (Å²) in [5, 5.41) is 7.28. The molecule has 1 fully saturated rings. The van der Waals surface area contributed by atoms with Crippen LogP contribution < -0.4 is 15.4 Å². The third kappa shape index (κ3) is 2.91. The number of hydrogen-bond donors (Lipinski definition) is 2. The molecule has 1 aromatic heterocycles. The van der Waals surface area contributed by atoms with Gasteiger partial charge in [-0.3, -0.25) is 4.79 Å². The number of thiazole rings is 1. The van der Waals surface area contributed by atoms with Crippen LogP contribution in [-0.4, -0.2) is 24.0 Å². The van der Waals surface area contributed by atoms with Gasteiger partial charge in [0.25, 0.3) is 5.91 Å². The first-order chi connectivity index (χ1) is 11.2. The fourth-order valence-corrected chi connectivity index (χ4v) is 3.74. The molecule has 4 rings (SSSR count). The number of carbonyl (C=O) groups excluding carboxylic acids is 1. The lowest BCUT2D eigenvalue weighted by atomic mass is 9.86. The monoisotopic (exact) mass is 329 g/mol. The number of nitrogens with zero attached hydrogens (tertiary/aromatic N) is 1. The fraction of sp³-hybridized carbons (Fsp3) is 0.412. The van der Waals surface area contributed by atoms with Crippen LogP contribution in [0.5, 0.6) is 5.75 Å². The maximum atomic E-state index is 11.5. The molecule has 2 aliphatic rings. The van der Waals surface area contributed by atoms with Crippen LogP contribution in [0.2, 0.25) is 0 Å². The first kappa shape index (κ1) is 14.5. The number of fused-ring (bicyclic) bond motifs is 1. The largest absolute Gasteiger partial charge is 0.482 e. The minimum atomic E-state index is -0.118. The maximum absolute atomic E-state index is 11.5. The van der Waals surface area contributed by atoms with Crippen molar-refractivity contribution in [2.75, 3.05) is 23.8 Å². The van der Waals surface area contributed by atoms with Crippen molar-refractivity contribution in [1.29, 1.82) is 0 Å². The van der Waals surface area contributed by atoms with E-state index in [9.17, 15) is 4.79 Å². The number of aryl methyl sites for hydroxylation is 1. The number of aromatic nitrogens is 1. The number of nitrogens with one attached hydrogen (secondary N) is 2. The van der Waals surface area contributed by atoms with E-state index in [4.69, 9.17) is 9.72 Å². The first-order valence-corrected chi connectivity index (χ1v) is 8.79. The summed E-state index contributed by atoms with van der Waals surface area (Å²) >= 11 is 1.68. The van der Waals surface area contributed by atoms with Crippen molar-refractivity contribution in [2.45, 2.75) is 26.2 Å². The van der Waals surface area contributed by atoms with E-state index in [0.717, 1.165) is 34.5 Å². The highest BCUT2D eigenvalue weighted by Crippen LogP contribution is 2.36. The van der Waals surface area contributed by atoms with Crippen LogP contribution in [-0.2, 0) is 4.79 Å². The maximum Gasteiger partial charge on any atom is 0.262 e. The summed E-state index contributed by atoms with van der Waals surface area (Å²) in [6.45, 7) is 3.17. The average molecular weight is 329 g/mol. The van der Waals surface area contributed by atoms with E-state index < -0.39 is 0 Å². The van der Waals surface area contributed by atoms with Gasteiger partial charge in [-0.05, 0) is 43.9 Å². The summed E-state index contributed by atoms with van der Waals surface area (Å²) in [7, 11) is 0. The second-order valence-corrected chi connectivity index (χ2v) is 7.35. The van der Waals surface area contributed by atoms with Crippen molar-refractivity contribution in [3.05, 3.63) is 23.1 Å². The molecule has 2 heterocycles. The van der Waals surface area contributed by atoms with Crippen molar-refractivity contribution >= 4 is 28.1 Å². The Labute approximate surface area is 139 Å². The van der Waals surface area contributed by atoms with Crippen LogP contribution in [0.4, 0.5) is 10.8 Å². The second kappa shape index (κ2) is 5.85. The fourth-order valence-electron chi connectivity index (χ4n) is 2.90. The lowest BCUT2D eigenvalue weighted by molar-refractivity contribution is -0.118. The van der Waals surface area contributed by atoms with Crippen LogP contribution in [0, 0.1) is 12.8 Å². The third-order valence-electron chi connectivity index (χ3n) is 4.45. The first-order valence-electron chi connectivity index (χ1n) is 7.97. The van der Waals surface area contributed by atoms with Crippen molar-refractivity contribution < 1.29 is 9.53 Å². The Morgan fingerprint density at radius 2 is 2.30 bits per heavy atom. The summed E-state index contributed by atoms with van der Waals surface area (Å²) in [4.78, 5) is 17.4. The molecule has 0 bridgehead atoms. The molecule has 1 aliphatic heterocycles. The molecule has 23 heavy (non-hydrogen) atoms. The molecule has 0 spiro atoms. The van der Waals surface area contributed by atoms with Gasteiger partial charge in [-0.1, -0.05) is 6.42 Å². The third-order valence-corrected chi connectivity index (χ3v) is 5.38. The summed E-state index contributed by atoms with van der Waals surface area (Å²) in [6, 6.07) is 5.82. The second-order valence-electron chi connectivity index (χ2n) is 6.15. The van der Waals surface area contributed by atoms with Crippen LogP contribution in [0.25, 0.3) is 11.3 Å². The van der Waals surface area contributed by atoms with Gasteiger partial charge in [0.05, 0.1) is 11.4 Å². The quantitative estimate of drug-likeness (QED) is 0.898. The van der Waals surface area contributed by atoms with Crippen molar-refractivity contribution in [1.82, 2.24) is 4.98 Å². The Kier molecular flexibility index (Phi) is 3.69. The number of anilines is 2. The SMILES string of the molecule is Cc1sc(NCC2CCC2)nc1-c1ccc2c(c1)NC(=O)CO2. The predicted octanol–water partition coefficient (Wildman–Crippen LogP) is 3.66. The minimum Gasteiger partial charge on any atom is -0.482 e. The summed E-state index contributed by atoms with van der Waals surface area (Å²) in [5.41, 5.74) is 2.68. The Bertz CT molecular complexity index is 752. The normalized spacial score (nSPS) is 17.0. The summed E-state index contributed by atoms with van der Waals surface area (Å²) < 4.78 is 5.40. The predicted molar refractivity (Wildman–Crippen MR) is 92.2 cm³/mol. The molecule has 0 unspecified atom stereocenters. The van der Waals surface area contributed by atoms with Crippen LogP contribution in [0.1, 0.15) is 24.1 Å². The molecule has 1 saturated carbocycles. The van der Waals surface area contributed by atoms with Crippen molar-refractivity contribution in [3.8, 4) is 17.0 Å². The molecule has 0 atom stereocenters. The van der Waals surface area contributed by atoms with Gasteiger partial charge >= 0.3 is 0 Å². The molecule has 0 saturated heterocycles. The number of rotatable bonds is 4. The van der Waals surface area contributed by atoms with Gasteiger partial charge in [0.2, 0.25) is 0 Å². The molecule has 1 amide bonds. The van der Waals surface area contributed by atoms with E-state index in [-0.39, 0.29) is 12.5 Å². The van der Waals surface area contributed by atoms with Gasteiger partial charge in [0.1, 0.15) is 5.75 Å². The standard InChI is InChI=1S/C17H19N3O2S/c1-10-16(20-17(23-10)18-8-11-3-2-4-11)12-5-6-14-13(7-12)19-15(21)9-22-14/h5-7,11H,2-4,8-9H2,1H3,(H,18,20)(H,19,21). The van der Waals surface area contributed by atoms with E-state index in [1.807, 2.05) is 18.2 Å². The number of hydrogen-bond acceptors (Lipinski definition) is 5. The summed E-state index contributed by atoms with van der Waals surface area (Å²) in [5.74, 6) is 1.40. The average Bonchev–Trinajstić information content (AvgIpc) is 2.86. The van der Waals surface area contributed by atoms with Crippen LogP contribution in [0.15, 0.2) is 18.2 Å². The topological polar surface area (TPSA) is 63.2 Å². The highest BCUT2D eigenvalue weighted by molar-refractivity contribution is 7.16. The Morgan fingerprint density at radius 1 is 1.43 bits per heavy atom. The molecular formula is C17H19N3O2S. The molecule has 6 heteroatoms. The van der Waals surface area contributed by atoms with E-state index in [1.54, 1.807) is 11.3 Å². The molecule has 1 aromatic carbocycles. The molecule has 5 nitrogen and oxygen atoms in total. The Morgan fingerprint density at radius 3 is 3.09 bits per heavy atom. The molecule has 0 radical (unpaired) electrons. The molecule has 2 aromatic rings. The van der Waals surface area contributed by atoms with Crippen LogP contribution >= 0.6 is 11.3 Å². The van der Waals surface area contributed by atoms with Gasteiger partial charge in [-0.2, -0.15) is 0 Å².